The second-order valence-electron chi connectivity index (χ2n) is 4.97. The molecular weight excluding hydrogens is 308 g/mol. The number of ether oxygens (including phenoxy) is 1. The van der Waals surface area contributed by atoms with Gasteiger partial charge in [-0.2, -0.15) is 5.26 Å². The molecule has 0 unspecified atom stereocenters. The van der Waals surface area contributed by atoms with Gasteiger partial charge in [0.25, 0.3) is 0 Å². The van der Waals surface area contributed by atoms with Crippen molar-refractivity contribution in [3.63, 3.8) is 0 Å². The molecule has 0 aliphatic rings. The van der Waals surface area contributed by atoms with Crippen molar-refractivity contribution in [3.8, 4) is 6.07 Å². The third kappa shape index (κ3) is 4.92. The number of anilines is 1. The number of nitrogens with two attached hydrogens (primary N) is 1. The van der Waals surface area contributed by atoms with Gasteiger partial charge in [0.05, 0.1) is 23.7 Å². The van der Waals surface area contributed by atoms with Gasteiger partial charge in [0, 0.05) is 10.2 Å². The Hall–Kier alpha value is -1.54. The summed E-state index contributed by atoms with van der Waals surface area (Å²) in [5.74, 6) is -0.408. The van der Waals surface area contributed by atoms with Gasteiger partial charge in [-0.15, -0.1) is 0 Å². The van der Waals surface area contributed by atoms with Crippen LogP contribution in [0.25, 0.3) is 0 Å². The van der Waals surface area contributed by atoms with E-state index in [0.29, 0.717) is 35.2 Å². The summed E-state index contributed by atoms with van der Waals surface area (Å²) in [6.07, 6.45) is 1.35. The van der Waals surface area contributed by atoms with Crippen LogP contribution in [0.2, 0.25) is 0 Å². The van der Waals surface area contributed by atoms with Gasteiger partial charge in [-0.3, -0.25) is 0 Å². The fourth-order valence-electron chi connectivity index (χ4n) is 1.51. The Labute approximate surface area is 121 Å². The summed E-state index contributed by atoms with van der Waals surface area (Å²) in [4.78, 5) is 11.8. The molecule has 0 radical (unpaired) electrons. The fraction of sp³-hybridized carbons (Fsp3) is 0.429. The van der Waals surface area contributed by atoms with E-state index >= 15 is 0 Å². The van der Waals surface area contributed by atoms with Crippen LogP contribution >= 0.6 is 15.9 Å². The van der Waals surface area contributed by atoms with Gasteiger partial charge in [0.15, 0.2) is 0 Å². The second kappa shape index (κ2) is 6.58. The number of nitriles is 1. The minimum absolute atomic E-state index is 0.297. The van der Waals surface area contributed by atoms with E-state index in [1.165, 1.54) is 0 Å². The summed E-state index contributed by atoms with van der Waals surface area (Å²) in [6.45, 7) is 4.03. The largest absolute Gasteiger partial charge is 0.462 e. The zero-order chi connectivity index (χ0) is 14.5. The van der Waals surface area contributed by atoms with Crippen LogP contribution in [0.3, 0.4) is 0 Å². The summed E-state index contributed by atoms with van der Waals surface area (Å²) in [6, 6.07) is 7.21. The highest BCUT2D eigenvalue weighted by Gasteiger charge is 2.17. The number of halogens is 1. The van der Waals surface area contributed by atoms with E-state index in [0.717, 1.165) is 0 Å². The molecule has 4 nitrogen and oxygen atoms in total. The van der Waals surface area contributed by atoms with Gasteiger partial charge >= 0.3 is 5.97 Å². The zero-order valence-corrected chi connectivity index (χ0v) is 12.7. The quantitative estimate of drug-likeness (QED) is 0.510. The van der Waals surface area contributed by atoms with Crippen molar-refractivity contribution < 1.29 is 9.53 Å². The van der Waals surface area contributed by atoms with Gasteiger partial charge in [0.1, 0.15) is 0 Å². The van der Waals surface area contributed by atoms with Gasteiger partial charge < -0.3 is 10.5 Å². The van der Waals surface area contributed by atoms with E-state index in [1.807, 2.05) is 13.8 Å². The summed E-state index contributed by atoms with van der Waals surface area (Å²) in [7, 11) is 0. The maximum Gasteiger partial charge on any atom is 0.339 e. The number of nitrogens with zero attached hydrogens (tertiary/aromatic N) is 1. The highest BCUT2D eigenvalue weighted by molar-refractivity contribution is 9.10. The van der Waals surface area contributed by atoms with Crippen molar-refractivity contribution in [2.75, 3.05) is 12.3 Å². The minimum atomic E-state index is -0.408. The molecule has 0 saturated heterocycles. The van der Waals surface area contributed by atoms with Crippen LogP contribution in [-0.4, -0.2) is 12.6 Å². The van der Waals surface area contributed by atoms with Crippen molar-refractivity contribution >= 4 is 27.6 Å². The van der Waals surface area contributed by atoms with Gasteiger partial charge in [-0.1, -0.05) is 0 Å². The third-order valence-corrected chi connectivity index (χ3v) is 3.38. The van der Waals surface area contributed by atoms with Crippen molar-refractivity contribution in [2.24, 2.45) is 5.41 Å². The number of benzene rings is 1. The number of rotatable bonds is 5. The Balaban J connectivity index is 2.49. The SMILES string of the molecule is CC(C)(C#N)CCCOC(=O)c1cc(N)ccc1Br. The molecule has 1 aromatic rings. The van der Waals surface area contributed by atoms with E-state index in [1.54, 1.807) is 18.2 Å². The molecule has 0 saturated carbocycles. The summed E-state index contributed by atoms with van der Waals surface area (Å²) >= 11 is 3.28. The van der Waals surface area contributed by atoms with Gasteiger partial charge in [0.2, 0.25) is 0 Å². The maximum absolute atomic E-state index is 11.8. The Kier molecular flexibility index (Phi) is 5.37. The van der Waals surface area contributed by atoms with E-state index in [-0.39, 0.29) is 5.41 Å². The molecule has 0 aliphatic carbocycles. The fourth-order valence-corrected chi connectivity index (χ4v) is 1.92. The molecular formula is C14H17BrN2O2. The van der Waals surface area contributed by atoms with Crippen LogP contribution in [0.15, 0.2) is 22.7 Å². The van der Waals surface area contributed by atoms with Crippen LogP contribution in [0.1, 0.15) is 37.0 Å². The highest BCUT2D eigenvalue weighted by atomic mass is 79.9. The van der Waals surface area contributed by atoms with Crippen molar-refractivity contribution in [3.05, 3.63) is 28.2 Å². The lowest BCUT2D eigenvalue weighted by molar-refractivity contribution is 0.0490. The molecule has 0 aromatic heterocycles. The van der Waals surface area contributed by atoms with Crippen molar-refractivity contribution in [2.45, 2.75) is 26.7 Å². The van der Waals surface area contributed by atoms with Crippen LogP contribution in [0.5, 0.6) is 0 Å². The summed E-state index contributed by atoms with van der Waals surface area (Å²) < 4.78 is 5.83. The van der Waals surface area contributed by atoms with Gasteiger partial charge in [-0.25, -0.2) is 4.79 Å². The molecule has 0 amide bonds. The lowest BCUT2D eigenvalue weighted by atomic mass is 9.90. The first-order chi connectivity index (χ1) is 8.85. The lowest BCUT2D eigenvalue weighted by Gasteiger charge is -2.14. The lowest BCUT2D eigenvalue weighted by Crippen LogP contribution is -2.12. The van der Waals surface area contributed by atoms with Crippen LogP contribution < -0.4 is 5.73 Å². The molecule has 0 heterocycles. The standard InChI is InChI=1S/C14H17BrN2O2/c1-14(2,9-16)6-3-7-19-13(18)11-8-10(17)4-5-12(11)15/h4-5,8H,3,6-7,17H2,1-2H3. The average Bonchev–Trinajstić information content (AvgIpc) is 2.37. The Morgan fingerprint density at radius 1 is 1.53 bits per heavy atom. The highest BCUT2D eigenvalue weighted by Crippen LogP contribution is 2.22. The van der Waals surface area contributed by atoms with Crippen LogP contribution in [-0.2, 0) is 4.74 Å². The normalized spacial score (nSPS) is 10.8. The molecule has 0 bridgehead atoms. The van der Waals surface area contributed by atoms with Crippen LogP contribution in [0, 0.1) is 16.7 Å². The molecule has 1 aromatic carbocycles. The molecule has 102 valence electrons. The average molecular weight is 325 g/mol. The first kappa shape index (κ1) is 15.5. The van der Waals surface area contributed by atoms with E-state index in [2.05, 4.69) is 22.0 Å². The Morgan fingerprint density at radius 3 is 2.84 bits per heavy atom. The molecule has 0 fully saturated rings. The monoisotopic (exact) mass is 324 g/mol. The number of carbonyl (C=O) groups is 1. The molecule has 0 spiro atoms. The molecule has 1 rings (SSSR count). The predicted octanol–water partition coefficient (Wildman–Crippen LogP) is 3.52. The molecule has 0 aliphatic heterocycles. The van der Waals surface area contributed by atoms with Crippen LogP contribution in [0.4, 0.5) is 5.69 Å². The van der Waals surface area contributed by atoms with Gasteiger partial charge in [-0.05, 0) is 60.8 Å². The van der Waals surface area contributed by atoms with Crippen molar-refractivity contribution in [1.29, 1.82) is 5.26 Å². The predicted molar refractivity (Wildman–Crippen MR) is 77.5 cm³/mol. The third-order valence-electron chi connectivity index (χ3n) is 2.69. The summed E-state index contributed by atoms with van der Waals surface area (Å²) in [5.41, 5.74) is 6.18. The second-order valence-corrected chi connectivity index (χ2v) is 5.83. The number of nitrogen functional groups attached to an aromatic ring is 1. The number of hydrogen-bond donors (Lipinski definition) is 1. The molecule has 2 N–H and O–H groups in total. The summed E-state index contributed by atoms with van der Waals surface area (Å²) in [5, 5.41) is 8.87. The number of carbonyl (C=O) groups excluding carboxylic acids is 1. The first-order valence-electron chi connectivity index (χ1n) is 5.99. The molecule has 0 atom stereocenters. The van der Waals surface area contributed by atoms with E-state index < -0.39 is 5.97 Å². The van der Waals surface area contributed by atoms with Crippen molar-refractivity contribution in [1.82, 2.24) is 0 Å². The zero-order valence-electron chi connectivity index (χ0n) is 11.1. The van der Waals surface area contributed by atoms with E-state index in [4.69, 9.17) is 15.7 Å². The number of esters is 1. The number of hydrogen-bond acceptors (Lipinski definition) is 4. The molecule has 5 heteroatoms. The Bertz CT molecular complexity index is 507. The minimum Gasteiger partial charge on any atom is -0.462 e. The topological polar surface area (TPSA) is 76.1 Å². The smallest absolute Gasteiger partial charge is 0.339 e. The molecule has 19 heavy (non-hydrogen) atoms. The maximum atomic E-state index is 11.8. The first-order valence-corrected chi connectivity index (χ1v) is 6.78. The Morgan fingerprint density at radius 2 is 2.21 bits per heavy atom. The van der Waals surface area contributed by atoms with E-state index in [9.17, 15) is 4.79 Å².